The Hall–Kier alpha value is -3.07. The standard InChI is InChI=1S/C14H12N6O2S/c1-9(21)17-14-19-11(8-23-14)13(22)18-10-4-2-5-15-12(10)20-7-3-6-16-20/h2-8H,1H3,(H,18,22)(H,17,19,21). The monoisotopic (exact) mass is 328 g/mol. The molecule has 0 unspecified atom stereocenters. The average Bonchev–Trinajstić information content (AvgIpc) is 3.18. The molecule has 0 bridgehead atoms. The van der Waals surface area contributed by atoms with E-state index >= 15 is 0 Å². The number of aromatic nitrogens is 4. The lowest BCUT2D eigenvalue weighted by Crippen LogP contribution is -2.15. The minimum Gasteiger partial charge on any atom is -0.317 e. The largest absolute Gasteiger partial charge is 0.317 e. The number of nitrogens with zero attached hydrogens (tertiary/aromatic N) is 4. The van der Waals surface area contributed by atoms with Gasteiger partial charge >= 0.3 is 0 Å². The Morgan fingerprint density at radius 2 is 2.09 bits per heavy atom. The third-order valence-electron chi connectivity index (χ3n) is 2.78. The Balaban J connectivity index is 1.81. The van der Waals surface area contributed by atoms with Gasteiger partial charge < -0.3 is 10.6 Å². The van der Waals surface area contributed by atoms with Crippen LogP contribution in [-0.2, 0) is 4.79 Å². The quantitative estimate of drug-likeness (QED) is 0.762. The second-order valence-electron chi connectivity index (χ2n) is 4.50. The van der Waals surface area contributed by atoms with Crippen molar-refractivity contribution in [2.24, 2.45) is 0 Å². The highest BCUT2D eigenvalue weighted by molar-refractivity contribution is 7.14. The van der Waals surface area contributed by atoms with E-state index in [2.05, 4.69) is 25.7 Å². The summed E-state index contributed by atoms with van der Waals surface area (Å²) in [5.41, 5.74) is 0.726. The predicted octanol–water partition coefficient (Wildman–Crippen LogP) is 1.93. The zero-order valence-corrected chi connectivity index (χ0v) is 12.9. The smallest absolute Gasteiger partial charge is 0.275 e. The van der Waals surface area contributed by atoms with Crippen molar-refractivity contribution in [3.8, 4) is 5.82 Å². The fourth-order valence-electron chi connectivity index (χ4n) is 1.84. The van der Waals surface area contributed by atoms with Gasteiger partial charge in [-0.25, -0.2) is 14.6 Å². The van der Waals surface area contributed by atoms with Crippen molar-refractivity contribution in [1.82, 2.24) is 19.7 Å². The van der Waals surface area contributed by atoms with E-state index in [4.69, 9.17) is 0 Å². The summed E-state index contributed by atoms with van der Waals surface area (Å²) in [6, 6.07) is 5.20. The van der Waals surface area contributed by atoms with Crippen molar-refractivity contribution in [2.75, 3.05) is 10.6 Å². The summed E-state index contributed by atoms with van der Waals surface area (Å²) in [6.45, 7) is 1.38. The van der Waals surface area contributed by atoms with Crippen LogP contribution in [0.4, 0.5) is 10.8 Å². The predicted molar refractivity (Wildman–Crippen MR) is 85.7 cm³/mol. The lowest BCUT2D eigenvalue weighted by Gasteiger charge is -2.08. The van der Waals surface area contributed by atoms with Gasteiger partial charge in [0.1, 0.15) is 5.69 Å². The average molecular weight is 328 g/mol. The van der Waals surface area contributed by atoms with Crippen molar-refractivity contribution in [3.63, 3.8) is 0 Å². The first kappa shape index (κ1) is 14.9. The lowest BCUT2D eigenvalue weighted by molar-refractivity contribution is -0.114. The first-order chi connectivity index (χ1) is 11.1. The number of pyridine rings is 1. The van der Waals surface area contributed by atoms with E-state index in [-0.39, 0.29) is 17.5 Å². The molecule has 2 N–H and O–H groups in total. The number of anilines is 2. The van der Waals surface area contributed by atoms with Crippen LogP contribution in [0.25, 0.3) is 5.82 Å². The molecule has 0 aliphatic heterocycles. The van der Waals surface area contributed by atoms with Crippen LogP contribution < -0.4 is 10.6 Å². The first-order valence-corrected chi connectivity index (χ1v) is 7.51. The second kappa shape index (κ2) is 6.36. The molecule has 3 aromatic rings. The summed E-state index contributed by atoms with van der Waals surface area (Å²) in [6.07, 6.45) is 4.97. The molecule has 0 fully saturated rings. The SMILES string of the molecule is CC(=O)Nc1nc(C(=O)Nc2cccnc2-n2cccn2)cs1. The van der Waals surface area contributed by atoms with E-state index in [9.17, 15) is 9.59 Å². The number of hydrogen-bond acceptors (Lipinski definition) is 6. The molecule has 23 heavy (non-hydrogen) atoms. The first-order valence-electron chi connectivity index (χ1n) is 6.63. The molecule has 3 rings (SSSR count). The van der Waals surface area contributed by atoms with Crippen LogP contribution in [0.15, 0.2) is 42.2 Å². The zero-order valence-electron chi connectivity index (χ0n) is 12.1. The summed E-state index contributed by atoms with van der Waals surface area (Å²) in [4.78, 5) is 31.6. The Morgan fingerprint density at radius 1 is 1.22 bits per heavy atom. The van der Waals surface area contributed by atoms with E-state index in [1.54, 1.807) is 46.9 Å². The Morgan fingerprint density at radius 3 is 2.83 bits per heavy atom. The number of rotatable bonds is 4. The number of thiazole rings is 1. The van der Waals surface area contributed by atoms with Gasteiger partial charge in [0, 0.05) is 30.9 Å². The molecule has 2 amide bonds. The fraction of sp³-hybridized carbons (Fsp3) is 0.0714. The summed E-state index contributed by atoms with van der Waals surface area (Å²) >= 11 is 1.18. The van der Waals surface area contributed by atoms with Gasteiger partial charge in [-0.2, -0.15) is 5.10 Å². The van der Waals surface area contributed by atoms with Crippen LogP contribution in [0, 0.1) is 0 Å². The number of nitrogens with one attached hydrogen (secondary N) is 2. The summed E-state index contributed by atoms with van der Waals surface area (Å²) in [5.74, 6) is -0.123. The summed E-state index contributed by atoms with van der Waals surface area (Å²) < 4.78 is 1.55. The molecular weight excluding hydrogens is 316 g/mol. The van der Waals surface area contributed by atoms with Gasteiger partial charge in [-0.3, -0.25) is 9.59 Å². The van der Waals surface area contributed by atoms with E-state index in [0.717, 1.165) is 0 Å². The maximum absolute atomic E-state index is 12.3. The highest BCUT2D eigenvalue weighted by Gasteiger charge is 2.14. The number of carbonyl (C=O) groups excluding carboxylic acids is 2. The molecule has 0 saturated carbocycles. The maximum Gasteiger partial charge on any atom is 0.275 e. The fourth-order valence-corrected chi connectivity index (χ4v) is 2.58. The third kappa shape index (κ3) is 3.40. The molecule has 3 heterocycles. The molecule has 0 radical (unpaired) electrons. The molecule has 0 atom stereocenters. The van der Waals surface area contributed by atoms with Gasteiger partial charge in [0.15, 0.2) is 10.9 Å². The van der Waals surface area contributed by atoms with Crippen LogP contribution in [0.1, 0.15) is 17.4 Å². The van der Waals surface area contributed by atoms with Gasteiger partial charge in [0.2, 0.25) is 5.91 Å². The molecule has 0 aliphatic rings. The molecule has 116 valence electrons. The van der Waals surface area contributed by atoms with E-state index < -0.39 is 0 Å². The normalized spacial score (nSPS) is 10.3. The maximum atomic E-state index is 12.3. The van der Waals surface area contributed by atoms with Crippen molar-refractivity contribution < 1.29 is 9.59 Å². The van der Waals surface area contributed by atoms with Crippen molar-refractivity contribution in [1.29, 1.82) is 0 Å². The van der Waals surface area contributed by atoms with Crippen molar-refractivity contribution in [3.05, 3.63) is 47.9 Å². The van der Waals surface area contributed by atoms with Crippen LogP contribution >= 0.6 is 11.3 Å². The Kier molecular flexibility index (Phi) is 4.11. The zero-order chi connectivity index (χ0) is 16.2. The number of hydrogen-bond donors (Lipinski definition) is 2. The van der Waals surface area contributed by atoms with Crippen LogP contribution in [-0.4, -0.2) is 31.6 Å². The molecule has 3 aromatic heterocycles. The summed E-state index contributed by atoms with van der Waals surface area (Å²) in [5, 5.41) is 11.3. The third-order valence-corrected chi connectivity index (χ3v) is 3.53. The molecule has 0 aromatic carbocycles. The molecule has 0 aliphatic carbocycles. The highest BCUT2D eigenvalue weighted by Crippen LogP contribution is 2.19. The van der Waals surface area contributed by atoms with Crippen LogP contribution in [0.2, 0.25) is 0 Å². The van der Waals surface area contributed by atoms with E-state index in [1.807, 2.05) is 0 Å². The molecule has 0 saturated heterocycles. The number of carbonyl (C=O) groups is 2. The van der Waals surface area contributed by atoms with Gasteiger partial charge in [0.25, 0.3) is 5.91 Å². The van der Waals surface area contributed by atoms with E-state index in [0.29, 0.717) is 16.6 Å². The lowest BCUT2D eigenvalue weighted by atomic mass is 10.3. The minimum absolute atomic E-state index is 0.217. The molecular formula is C14H12N6O2S. The highest BCUT2D eigenvalue weighted by atomic mass is 32.1. The van der Waals surface area contributed by atoms with Crippen molar-refractivity contribution >= 4 is 34.0 Å². The van der Waals surface area contributed by atoms with Gasteiger partial charge in [0.05, 0.1) is 5.69 Å². The Labute approximate surface area is 135 Å². The van der Waals surface area contributed by atoms with Crippen LogP contribution in [0.3, 0.4) is 0 Å². The number of amides is 2. The topological polar surface area (TPSA) is 102 Å². The molecule has 9 heteroatoms. The van der Waals surface area contributed by atoms with Gasteiger partial charge in [-0.15, -0.1) is 11.3 Å². The Bertz CT molecular complexity index is 843. The van der Waals surface area contributed by atoms with Gasteiger partial charge in [-0.05, 0) is 18.2 Å². The van der Waals surface area contributed by atoms with Crippen LogP contribution in [0.5, 0.6) is 0 Å². The minimum atomic E-state index is -0.390. The van der Waals surface area contributed by atoms with Gasteiger partial charge in [-0.1, -0.05) is 0 Å². The molecule has 8 nitrogen and oxygen atoms in total. The summed E-state index contributed by atoms with van der Waals surface area (Å²) in [7, 11) is 0. The van der Waals surface area contributed by atoms with Crippen molar-refractivity contribution in [2.45, 2.75) is 6.92 Å². The second-order valence-corrected chi connectivity index (χ2v) is 5.36. The van der Waals surface area contributed by atoms with E-state index in [1.165, 1.54) is 18.3 Å². The molecule has 0 spiro atoms.